The second-order valence-corrected chi connectivity index (χ2v) is 6.90. The molecule has 7 heteroatoms. The number of ether oxygens (including phenoxy) is 3. The van der Waals surface area contributed by atoms with Crippen LogP contribution in [0.5, 0.6) is 11.5 Å². The lowest BCUT2D eigenvalue weighted by molar-refractivity contribution is -0.136. The molecule has 0 aliphatic rings. The fourth-order valence-corrected chi connectivity index (χ4v) is 2.75. The van der Waals surface area contributed by atoms with Crippen LogP contribution in [-0.4, -0.2) is 38.7 Å². The molecule has 2 aromatic rings. The molecule has 0 aromatic heterocycles. The van der Waals surface area contributed by atoms with Crippen LogP contribution in [0.3, 0.4) is 0 Å². The zero-order valence-electron chi connectivity index (χ0n) is 18.2. The van der Waals surface area contributed by atoms with E-state index in [-0.39, 0.29) is 12.2 Å². The zero-order chi connectivity index (χ0) is 22.8. The van der Waals surface area contributed by atoms with E-state index >= 15 is 0 Å². The summed E-state index contributed by atoms with van der Waals surface area (Å²) in [4.78, 5) is 24.1. The van der Waals surface area contributed by atoms with E-state index in [1.54, 1.807) is 24.3 Å². The van der Waals surface area contributed by atoms with E-state index in [0.29, 0.717) is 30.2 Å². The molecule has 0 aliphatic carbocycles. The summed E-state index contributed by atoms with van der Waals surface area (Å²) in [7, 11) is 1.53. The van der Waals surface area contributed by atoms with Gasteiger partial charge in [0.2, 0.25) is 0 Å². The Morgan fingerprint density at radius 2 is 1.74 bits per heavy atom. The highest BCUT2D eigenvalue weighted by molar-refractivity contribution is 6.01. The van der Waals surface area contributed by atoms with Gasteiger partial charge in [-0.15, -0.1) is 0 Å². The maximum absolute atomic E-state index is 12.2. The molecule has 162 valence electrons. The van der Waals surface area contributed by atoms with E-state index in [9.17, 15) is 14.9 Å². The van der Waals surface area contributed by atoms with Crippen LogP contribution in [0.2, 0.25) is 0 Å². The first-order chi connectivity index (χ1) is 14.8. The highest BCUT2D eigenvalue weighted by Gasteiger charge is 2.12. The molecule has 31 heavy (non-hydrogen) atoms. The first-order valence-corrected chi connectivity index (χ1v) is 9.75. The molecule has 0 radical (unpaired) electrons. The molecule has 7 nitrogen and oxygen atoms in total. The molecular weight excluding hydrogens is 396 g/mol. The molecule has 2 aromatic carbocycles. The van der Waals surface area contributed by atoms with Crippen LogP contribution >= 0.6 is 0 Å². The SMILES string of the molecule is COCCNC(=O)/C(C#N)=C/c1ccc(OC(=O)COc2c(C)ccc(C)c2C)cc1. The summed E-state index contributed by atoms with van der Waals surface area (Å²) in [5.74, 6) is 0.0181. The summed E-state index contributed by atoms with van der Waals surface area (Å²) < 4.78 is 15.8. The molecule has 0 aliphatic heterocycles. The van der Waals surface area contributed by atoms with Crippen molar-refractivity contribution >= 4 is 18.0 Å². The molecule has 0 heterocycles. The van der Waals surface area contributed by atoms with Crippen LogP contribution in [0.1, 0.15) is 22.3 Å². The minimum atomic E-state index is -0.529. The van der Waals surface area contributed by atoms with Crippen LogP contribution in [-0.2, 0) is 14.3 Å². The van der Waals surface area contributed by atoms with E-state index in [1.165, 1.54) is 13.2 Å². The second-order valence-electron chi connectivity index (χ2n) is 6.90. The second kappa shape index (κ2) is 11.5. The summed E-state index contributed by atoms with van der Waals surface area (Å²) in [6.07, 6.45) is 1.46. The summed E-state index contributed by atoms with van der Waals surface area (Å²) in [6, 6.07) is 12.3. The van der Waals surface area contributed by atoms with Gasteiger partial charge in [-0.25, -0.2) is 4.79 Å². The van der Waals surface area contributed by atoms with E-state index in [0.717, 1.165) is 16.7 Å². The number of aryl methyl sites for hydroxylation is 2. The smallest absolute Gasteiger partial charge is 0.349 e. The van der Waals surface area contributed by atoms with Gasteiger partial charge in [0.05, 0.1) is 6.61 Å². The minimum Gasteiger partial charge on any atom is -0.481 e. The third-order valence-electron chi connectivity index (χ3n) is 4.59. The maximum Gasteiger partial charge on any atom is 0.349 e. The van der Waals surface area contributed by atoms with Gasteiger partial charge in [-0.1, -0.05) is 24.3 Å². The van der Waals surface area contributed by atoms with Crippen molar-refractivity contribution in [2.45, 2.75) is 20.8 Å². The number of nitrogens with one attached hydrogen (secondary N) is 1. The number of benzene rings is 2. The van der Waals surface area contributed by atoms with Crippen LogP contribution in [0, 0.1) is 32.1 Å². The lowest BCUT2D eigenvalue weighted by atomic mass is 10.1. The summed E-state index contributed by atoms with van der Waals surface area (Å²) >= 11 is 0. The van der Waals surface area contributed by atoms with E-state index < -0.39 is 11.9 Å². The Morgan fingerprint density at radius 1 is 1.06 bits per heavy atom. The molecule has 1 N–H and O–H groups in total. The standard InChI is InChI=1S/C24H26N2O5/c1-16-5-6-17(2)23(18(16)3)30-15-22(27)31-21-9-7-19(8-10-21)13-20(14-25)24(28)26-11-12-29-4/h5-10,13H,11-12,15H2,1-4H3,(H,26,28)/b20-13+. The third kappa shape index (κ3) is 6.98. The highest BCUT2D eigenvalue weighted by Crippen LogP contribution is 2.25. The van der Waals surface area contributed by atoms with Crippen LogP contribution < -0.4 is 14.8 Å². The van der Waals surface area contributed by atoms with Gasteiger partial charge in [0.1, 0.15) is 23.1 Å². The Bertz CT molecular complexity index is 1000. The fourth-order valence-electron chi connectivity index (χ4n) is 2.75. The average Bonchev–Trinajstić information content (AvgIpc) is 2.76. The van der Waals surface area contributed by atoms with Crippen molar-refractivity contribution in [3.05, 3.63) is 64.2 Å². The fraction of sp³-hybridized carbons (Fsp3) is 0.292. The predicted octanol–water partition coefficient (Wildman–Crippen LogP) is 3.27. The first kappa shape index (κ1) is 23.6. The average molecular weight is 422 g/mol. The van der Waals surface area contributed by atoms with Gasteiger partial charge in [0, 0.05) is 13.7 Å². The van der Waals surface area contributed by atoms with Gasteiger partial charge >= 0.3 is 5.97 Å². The summed E-state index contributed by atoms with van der Waals surface area (Å²) in [5.41, 5.74) is 3.62. The lowest BCUT2D eigenvalue weighted by Gasteiger charge is -2.13. The maximum atomic E-state index is 12.2. The van der Waals surface area contributed by atoms with Gasteiger partial charge in [-0.05, 0) is 61.2 Å². The number of nitriles is 1. The molecule has 0 spiro atoms. The molecule has 0 unspecified atom stereocenters. The Labute approximate surface area is 182 Å². The third-order valence-corrected chi connectivity index (χ3v) is 4.59. The number of carbonyl (C=O) groups is 2. The summed E-state index contributed by atoms with van der Waals surface area (Å²) in [6.45, 7) is 6.31. The summed E-state index contributed by atoms with van der Waals surface area (Å²) in [5, 5.41) is 11.8. The van der Waals surface area contributed by atoms with Crippen molar-refractivity contribution in [2.75, 3.05) is 26.9 Å². The quantitative estimate of drug-likeness (QED) is 0.219. The van der Waals surface area contributed by atoms with Crippen molar-refractivity contribution in [3.8, 4) is 17.6 Å². The minimum absolute atomic E-state index is 0.0295. The van der Waals surface area contributed by atoms with E-state index in [4.69, 9.17) is 14.2 Å². The molecular formula is C24H26N2O5. The molecule has 2 rings (SSSR count). The molecule has 0 saturated carbocycles. The topological polar surface area (TPSA) is 97.6 Å². The number of methoxy groups -OCH3 is 1. The number of amides is 1. The van der Waals surface area contributed by atoms with Crippen LogP contribution in [0.4, 0.5) is 0 Å². The molecule has 0 saturated heterocycles. The lowest BCUT2D eigenvalue weighted by Crippen LogP contribution is -2.27. The predicted molar refractivity (Wildman–Crippen MR) is 117 cm³/mol. The van der Waals surface area contributed by atoms with E-state index in [1.807, 2.05) is 39.0 Å². The van der Waals surface area contributed by atoms with Gasteiger partial charge in [-0.2, -0.15) is 5.26 Å². The zero-order valence-corrected chi connectivity index (χ0v) is 18.2. The van der Waals surface area contributed by atoms with Crippen molar-refractivity contribution in [1.29, 1.82) is 5.26 Å². The number of rotatable bonds is 9. The number of hydrogen-bond acceptors (Lipinski definition) is 6. The van der Waals surface area contributed by atoms with Gasteiger partial charge in [-0.3, -0.25) is 4.79 Å². The number of carbonyl (C=O) groups excluding carboxylic acids is 2. The highest BCUT2D eigenvalue weighted by atomic mass is 16.6. The normalized spacial score (nSPS) is 10.9. The monoisotopic (exact) mass is 422 g/mol. The molecule has 0 fully saturated rings. The van der Waals surface area contributed by atoms with Crippen LogP contribution in [0.25, 0.3) is 6.08 Å². The van der Waals surface area contributed by atoms with Gasteiger partial charge in [0.25, 0.3) is 5.91 Å². The molecule has 1 amide bonds. The first-order valence-electron chi connectivity index (χ1n) is 9.75. The van der Waals surface area contributed by atoms with Crippen molar-refractivity contribution in [2.24, 2.45) is 0 Å². The Morgan fingerprint density at radius 3 is 2.39 bits per heavy atom. The molecule has 0 atom stereocenters. The van der Waals surface area contributed by atoms with E-state index in [2.05, 4.69) is 5.32 Å². The number of esters is 1. The largest absolute Gasteiger partial charge is 0.481 e. The van der Waals surface area contributed by atoms with Gasteiger partial charge < -0.3 is 19.5 Å². The van der Waals surface area contributed by atoms with Crippen molar-refractivity contribution < 1.29 is 23.8 Å². The Hall–Kier alpha value is -3.63. The Kier molecular flexibility index (Phi) is 8.79. The van der Waals surface area contributed by atoms with Crippen molar-refractivity contribution in [1.82, 2.24) is 5.32 Å². The van der Waals surface area contributed by atoms with Gasteiger partial charge in [0.15, 0.2) is 6.61 Å². The van der Waals surface area contributed by atoms with Crippen molar-refractivity contribution in [3.63, 3.8) is 0 Å². The number of hydrogen-bond donors (Lipinski definition) is 1. The Balaban J connectivity index is 1.96. The molecule has 0 bridgehead atoms. The number of nitrogens with zero attached hydrogens (tertiary/aromatic N) is 1. The van der Waals surface area contributed by atoms with Crippen LogP contribution in [0.15, 0.2) is 42.0 Å².